The molecule has 0 amide bonds. The van der Waals surface area contributed by atoms with Gasteiger partial charge in [0.15, 0.2) is 5.58 Å². The zero-order valence-corrected chi connectivity index (χ0v) is 11.1. The molecule has 0 saturated heterocycles. The lowest BCUT2D eigenvalue weighted by atomic mass is 10.2. The molecule has 2 aromatic heterocycles. The van der Waals surface area contributed by atoms with Gasteiger partial charge in [-0.1, -0.05) is 23.4 Å². The molecule has 0 atom stereocenters. The first-order valence-electron chi connectivity index (χ1n) is 6.15. The standard InChI is InChI=1S/C14H12FN3O2/c1-8-12-13(20-17-8)9(2)16-18(14(12)19)7-10-5-3-4-6-11(10)15/h3-6H,7H2,1-2H3. The third kappa shape index (κ3) is 1.89. The minimum atomic E-state index is -0.360. The molecule has 102 valence electrons. The third-order valence-corrected chi connectivity index (χ3v) is 3.19. The zero-order valence-electron chi connectivity index (χ0n) is 11.1. The van der Waals surface area contributed by atoms with Crippen LogP contribution in [0.4, 0.5) is 4.39 Å². The van der Waals surface area contributed by atoms with Crippen molar-refractivity contribution in [3.8, 4) is 0 Å². The molecular weight excluding hydrogens is 261 g/mol. The molecule has 6 heteroatoms. The molecule has 20 heavy (non-hydrogen) atoms. The summed E-state index contributed by atoms with van der Waals surface area (Å²) in [4.78, 5) is 12.4. The van der Waals surface area contributed by atoms with Gasteiger partial charge in [0.25, 0.3) is 5.56 Å². The van der Waals surface area contributed by atoms with E-state index in [-0.39, 0.29) is 17.9 Å². The second-order valence-electron chi connectivity index (χ2n) is 4.61. The molecule has 5 nitrogen and oxygen atoms in total. The van der Waals surface area contributed by atoms with Crippen LogP contribution in [0, 0.1) is 19.7 Å². The maximum Gasteiger partial charge on any atom is 0.280 e. The summed E-state index contributed by atoms with van der Waals surface area (Å²) in [5, 5.41) is 8.33. The summed E-state index contributed by atoms with van der Waals surface area (Å²) in [7, 11) is 0. The lowest BCUT2D eigenvalue weighted by Gasteiger charge is -2.06. The number of aromatic nitrogens is 3. The van der Waals surface area contributed by atoms with Crippen LogP contribution in [0.3, 0.4) is 0 Å². The molecule has 3 rings (SSSR count). The predicted octanol–water partition coefficient (Wildman–Crippen LogP) is 2.19. The second-order valence-corrected chi connectivity index (χ2v) is 4.61. The summed E-state index contributed by atoms with van der Waals surface area (Å²) in [6, 6.07) is 6.31. The Hall–Kier alpha value is -2.50. The van der Waals surface area contributed by atoms with Crippen molar-refractivity contribution in [1.29, 1.82) is 0 Å². The predicted molar refractivity (Wildman–Crippen MR) is 71.0 cm³/mol. The number of benzene rings is 1. The van der Waals surface area contributed by atoms with Gasteiger partial charge in [-0.05, 0) is 19.9 Å². The summed E-state index contributed by atoms with van der Waals surface area (Å²) < 4.78 is 20.0. The Morgan fingerprint density at radius 3 is 2.75 bits per heavy atom. The van der Waals surface area contributed by atoms with Crippen LogP contribution in [-0.4, -0.2) is 14.9 Å². The highest BCUT2D eigenvalue weighted by molar-refractivity contribution is 5.79. The monoisotopic (exact) mass is 273 g/mol. The molecule has 0 spiro atoms. The van der Waals surface area contributed by atoms with Crippen molar-refractivity contribution in [1.82, 2.24) is 14.9 Å². The Balaban J connectivity index is 2.18. The van der Waals surface area contributed by atoms with E-state index in [2.05, 4.69) is 10.3 Å². The maximum absolute atomic E-state index is 13.7. The van der Waals surface area contributed by atoms with Crippen molar-refractivity contribution < 1.29 is 8.91 Å². The number of hydrogen-bond acceptors (Lipinski definition) is 4. The lowest BCUT2D eigenvalue weighted by Crippen LogP contribution is -2.25. The fourth-order valence-corrected chi connectivity index (χ4v) is 2.16. The largest absolute Gasteiger partial charge is 0.354 e. The molecule has 0 unspecified atom stereocenters. The summed E-state index contributed by atoms with van der Waals surface area (Å²) >= 11 is 0. The zero-order chi connectivity index (χ0) is 14.3. The van der Waals surface area contributed by atoms with Crippen LogP contribution in [0.2, 0.25) is 0 Å². The molecular formula is C14H12FN3O2. The van der Waals surface area contributed by atoms with E-state index in [1.807, 2.05) is 0 Å². The van der Waals surface area contributed by atoms with Gasteiger partial charge in [-0.3, -0.25) is 4.79 Å². The van der Waals surface area contributed by atoms with Gasteiger partial charge in [0.1, 0.15) is 16.9 Å². The van der Waals surface area contributed by atoms with Crippen molar-refractivity contribution in [3.63, 3.8) is 0 Å². The molecule has 0 aliphatic heterocycles. The van der Waals surface area contributed by atoms with E-state index in [9.17, 15) is 9.18 Å². The number of aryl methyl sites for hydroxylation is 2. The molecule has 2 heterocycles. The van der Waals surface area contributed by atoms with Crippen LogP contribution in [0.5, 0.6) is 0 Å². The van der Waals surface area contributed by atoms with Crippen LogP contribution >= 0.6 is 0 Å². The minimum Gasteiger partial charge on any atom is -0.354 e. The Morgan fingerprint density at radius 1 is 1.25 bits per heavy atom. The lowest BCUT2D eigenvalue weighted by molar-refractivity contribution is 0.446. The van der Waals surface area contributed by atoms with Crippen LogP contribution in [0.25, 0.3) is 11.0 Å². The van der Waals surface area contributed by atoms with Crippen molar-refractivity contribution in [2.45, 2.75) is 20.4 Å². The molecule has 0 fully saturated rings. The first kappa shape index (κ1) is 12.5. The average Bonchev–Trinajstić information content (AvgIpc) is 2.81. The molecule has 0 saturated carbocycles. The first-order valence-corrected chi connectivity index (χ1v) is 6.15. The van der Waals surface area contributed by atoms with Gasteiger partial charge < -0.3 is 4.52 Å². The van der Waals surface area contributed by atoms with E-state index in [1.165, 1.54) is 10.7 Å². The normalized spacial score (nSPS) is 11.2. The smallest absolute Gasteiger partial charge is 0.280 e. The van der Waals surface area contributed by atoms with Crippen molar-refractivity contribution in [2.24, 2.45) is 0 Å². The van der Waals surface area contributed by atoms with Gasteiger partial charge in [0, 0.05) is 5.56 Å². The summed E-state index contributed by atoms with van der Waals surface area (Å²) in [6.07, 6.45) is 0. The molecule has 3 aromatic rings. The maximum atomic E-state index is 13.7. The van der Waals surface area contributed by atoms with Gasteiger partial charge in [-0.15, -0.1) is 0 Å². The molecule has 0 radical (unpaired) electrons. The van der Waals surface area contributed by atoms with E-state index < -0.39 is 0 Å². The van der Waals surface area contributed by atoms with E-state index in [0.717, 1.165) is 0 Å². The number of hydrogen-bond donors (Lipinski definition) is 0. The number of halogens is 1. The van der Waals surface area contributed by atoms with E-state index in [1.54, 1.807) is 32.0 Å². The summed E-state index contributed by atoms with van der Waals surface area (Å²) in [6.45, 7) is 3.50. The quantitative estimate of drug-likeness (QED) is 0.718. The van der Waals surface area contributed by atoms with Crippen LogP contribution in [0.15, 0.2) is 33.6 Å². The van der Waals surface area contributed by atoms with E-state index in [0.29, 0.717) is 27.9 Å². The SMILES string of the molecule is Cc1nn(Cc2ccccc2F)c(=O)c2c(C)noc12. The molecule has 0 N–H and O–H groups in total. The van der Waals surface area contributed by atoms with Crippen molar-refractivity contribution >= 4 is 11.0 Å². The fraction of sp³-hybridized carbons (Fsp3) is 0.214. The third-order valence-electron chi connectivity index (χ3n) is 3.19. The molecule has 0 bridgehead atoms. The van der Waals surface area contributed by atoms with Crippen molar-refractivity contribution in [3.05, 3.63) is 57.4 Å². The van der Waals surface area contributed by atoms with Gasteiger partial charge in [0.2, 0.25) is 0 Å². The second kappa shape index (κ2) is 4.56. The highest BCUT2D eigenvalue weighted by Crippen LogP contribution is 2.16. The van der Waals surface area contributed by atoms with Crippen LogP contribution < -0.4 is 5.56 Å². The van der Waals surface area contributed by atoms with E-state index >= 15 is 0 Å². The number of fused-ring (bicyclic) bond motifs is 1. The molecule has 0 aliphatic rings. The Morgan fingerprint density at radius 2 is 2.00 bits per heavy atom. The van der Waals surface area contributed by atoms with Crippen LogP contribution in [-0.2, 0) is 6.54 Å². The fourth-order valence-electron chi connectivity index (χ4n) is 2.16. The van der Waals surface area contributed by atoms with E-state index in [4.69, 9.17) is 4.52 Å². The topological polar surface area (TPSA) is 60.9 Å². The van der Waals surface area contributed by atoms with Crippen molar-refractivity contribution in [2.75, 3.05) is 0 Å². The van der Waals surface area contributed by atoms with Gasteiger partial charge in [0.05, 0.1) is 12.2 Å². The minimum absolute atomic E-state index is 0.0763. The summed E-state index contributed by atoms with van der Waals surface area (Å²) in [5.41, 5.74) is 1.54. The number of rotatable bonds is 2. The highest BCUT2D eigenvalue weighted by Gasteiger charge is 2.16. The van der Waals surface area contributed by atoms with Crippen LogP contribution in [0.1, 0.15) is 17.0 Å². The summed E-state index contributed by atoms with van der Waals surface area (Å²) in [5.74, 6) is -0.360. The number of nitrogens with zero attached hydrogens (tertiary/aromatic N) is 3. The average molecular weight is 273 g/mol. The highest BCUT2D eigenvalue weighted by atomic mass is 19.1. The van der Waals surface area contributed by atoms with Gasteiger partial charge in [-0.2, -0.15) is 5.10 Å². The Kier molecular flexibility index (Phi) is 2.85. The van der Waals surface area contributed by atoms with Gasteiger partial charge >= 0.3 is 0 Å². The Labute approximate surface area is 113 Å². The Bertz CT molecular complexity index is 851. The van der Waals surface area contributed by atoms with Gasteiger partial charge in [-0.25, -0.2) is 9.07 Å². The molecule has 0 aliphatic carbocycles. The molecule has 1 aromatic carbocycles. The first-order chi connectivity index (χ1) is 9.58.